The summed E-state index contributed by atoms with van der Waals surface area (Å²) in [6.45, 7) is 1.98. The molecule has 0 atom stereocenters. The van der Waals surface area contributed by atoms with Crippen LogP contribution in [0.15, 0.2) is 42.6 Å². The summed E-state index contributed by atoms with van der Waals surface area (Å²) < 4.78 is 44.4. The SMILES string of the molecule is Cc1ccc(OCC#CCNS(=O)(=O)Cc2cccc(F)c2)cn1. The van der Waals surface area contributed by atoms with E-state index in [-0.39, 0.29) is 18.9 Å². The van der Waals surface area contributed by atoms with Crippen molar-refractivity contribution in [3.63, 3.8) is 0 Å². The quantitative estimate of drug-likeness (QED) is 0.811. The van der Waals surface area contributed by atoms with Gasteiger partial charge in [-0.25, -0.2) is 17.5 Å². The van der Waals surface area contributed by atoms with Crippen molar-refractivity contribution in [1.29, 1.82) is 0 Å². The van der Waals surface area contributed by atoms with Crippen molar-refractivity contribution in [2.24, 2.45) is 0 Å². The summed E-state index contributed by atoms with van der Waals surface area (Å²) in [5, 5.41) is 0. The second kappa shape index (κ2) is 8.43. The van der Waals surface area contributed by atoms with Crippen LogP contribution in [0.1, 0.15) is 11.3 Å². The Morgan fingerprint density at radius 3 is 2.79 bits per heavy atom. The highest BCUT2D eigenvalue weighted by Gasteiger charge is 2.10. The molecular formula is C17H17FN2O3S. The number of aryl methyl sites for hydroxylation is 1. The van der Waals surface area contributed by atoms with Gasteiger partial charge in [0.05, 0.1) is 18.5 Å². The van der Waals surface area contributed by atoms with Crippen LogP contribution in [0.25, 0.3) is 0 Å². The fourth-order valence-corrected chi connectivity index (χ4v) is 2.83. The van der Waals surface area contributed by atoms with Crippen LogP contribution in [-0.4, -0.2) is 26.6 Å². The van der Waals surface area contributed by atoms with Gasteiger partial charge >= 0.3 is 0 Å². The minimum Gasteiger partial charge on any atom is -0.479 e. The van der Waals surface area contributed by atoms with Gasteiger partial charge in [0.2, 0.25) is 10.0 Å². The zero-order valence-electron chi connectivity index (χ0n) is 13.1. The molecular weight excluding hydrogens is 331 g/mol. The molecule has 0 aliphatic carbocycles. The topological polar surface area (TPSA) is 68.3 Å². The Hall–Kier alpha value is -2.43. The van der Waals surface area contributed by atoms with Crippen LogP contribution in [0.5, 0.6) is 5.75 Å². The molecule has 0 saturated carbocycles. The van der Waals surface area contributed by atoms with Crippen molar-refractivity contribution < 1.29 is 17.5 Å². The maximum atomic E-state index is 13.0. The first-order valence-electron chi connectivity index (χ1n) is 7.17. The lowest BCUT2D eigenvalue weighted by molar-refractivity contribution is 0.368. The fourth-order valence-electron chi connectivity index (χ4n) is 1.82. The Labute approximate surface area is 140 Å². The first kappa shape index (κ1) is 17.9. The van der Waals surface area contributed by atoms with Crippen LogP contribution < -0.4 is 9.46 Å². The molecule has 1 aromatic heterocycles. The monoisotopic (exact) mass is 348 g/mol. The number of pyridine rings is 1. The molecule has 5 nitrogen and oxygen atoms in total. The first-order valence-corrected chi connectivity index (χ1v) is 8.83. The largest absolute Gasteiger partial charge is 0.479 e. The van der Waals surface area contributed by atoms with Gasteiger partial charge in [-0.1, -0.05) is 24.0 Å². The van der Waals surface area contributed by atoms with Crippen LogP contribution in [0.4, 0.5) is 4.39 Å². The van der Waals surface area contributed by atoms with E-state index in [9.17, 15) is 12.8 Å². The van der Waals surface area contributed by atoms with Crippen LogP contribution in [0.3, 0.4) is 0 Å². The molecule has 1 heterocycles. The lowest BCUT2D eigenvalue weighted by Crippen LogP contribution is -2.25. The average molecular weight is 348 g/mol. The average Bonchev–Trinajstić information content (AvgIpc) is 2.52. The number of rotatable bonds is 6. The van der Waals surface area contributed by atoms with Gasteiger partial charge in [0.1, 0.15) is 18.2 Å². The summed E-state index contributed by atoms with van der Waals surface area (Å²) in [5.41, 5.74) is 1.27. The molecule has 0 radical (unpaired) electrons. The third-order valence-corrected chi connectivity index (χ3v) is 4.24. The molecule has 2 rings (SSSR count). The molecule has 0 unspecified atom stereocenters. The molecule has 0 fully saturated rings. The van der Waals surface area contributed by atoms with Gasteiger partial charge in [-0.15, -0.1) is 0 Å². The van der Waals surface area contributed by atoms with E-state index in [0.717, 1.165) is 5.69 Å². The maximum absolute atomic E-state index is 13.0. The molecule has 2 aromatic rings. The van der Waals surface area contributed by atoms with E-state index in [1.165, 1.54) is 18.2 Å². The van der Waals surface area contributed by atoms with E-state index >= 15 is 0 Å². The molecule has 1 N–H and O–H groups in total. The number of hydrogen-bond acceptors (Lipinski definition) is 4. The predicted molar refractivity (Wildman–Crippen MR) is 89.3 cm³/mol. The normalized spacial score (nSPS) is 10.8. The van der Waals surface area contributed by atoms with E-state index in [1.807, 2.05) is 13.0 Å². The standard InChI is InChI=1S/C17H17FN2O3S/c1-14-7-8-17(12-19-14)23-10-3-2-9-20-24(21,22)13-15-5-4-6-16(18)11-15/h4-8,11-12,20H,9-10,13H2,1H3. The highest BCUT2D eigenvalue weighted by molar-refractivity contribution is 7.88. The van der Waals surface area contributed by atoms with E-state index in [2.05, 4.69) is 21.5 Å². The molecule has 0 amide bonds. The van der Waals surface area contributed by atoms with E-state index < -0.39 is 15.8 Å². The number of hydrogen-bond donors (Lipinski definition) is 1. The zero-order valence-corrected chi connectivity index (χ0v) is 13.9. The summed E-state index contributed by atoms with van der Waals surface area (Å²) in [7, 11) is -3.57. The van der Waals surface area contributed by atoms with Gasteiger partial charge < -0.3 is 4.74 Å². The maximum Gasteiger partial charge on any atom is 0.216 e. The van der Waals surface area contributed by atoms with Crippen molar-refractivity contribution in [3.05, 3.63) is 59.7 Å². The van der Waals surface area contributed by atoms with Crippen molar-refractivity contribution >= 4 is 10.0 Å². The zero-order chi connectivity index (χ0) is 17.4. The van der Waals surface area contributed by atoms with Gasteiger partial charge in [0, 0.05) is 5.69 Å². The lowest BCUT2D eigenvalue weighted by Gasteiger charge is -2.04. The minimum atomic E-state index is -3.57. The van der Waals surface area contributed by atoms with Crippen LogP contribution in [0.2, 0.25) is 0 Å². The number of aromatic nitrogens is 1. The number of ether oxygens (including phenoxy) is 1. The molecule has 24 heavy (non-hydrogen) atoms. The van der Waals surface area contributed by atoms with E-state index in [1.54, 1.807) is 18.3 Å². The van der Waals surface area contributed by atoms with Gasteiger partial charge in [-0.05, 0) is 36.8 Å². The first-order chi connectivity index (χ1) is 11.4. The number of benzene rings is 1. The Bertz CT molecular complexity index is 840. The van der Waals surface area contributed by atoms with Crippen LogP contribution in [-0.2, 0) is 15.8 Å². The predicted octanol–water partition coefficient (Wildman–Crippen LogP) is 2.03. The Kier molecular flexibility index (Phi) is 6.29. The van der Waals surface area contributed by atoms with E-state index in [0.29, 0.717) is 11.3 Å². The highest BCUT2D eigenvalue weighted by Crippen LogP contribution is 2.08. The summed E-state index contributed by atoms with van der Waals surface area (Å²) >= 11 is 0. The number of halogens is 1. The smallest absolute Gasteiger partial charge is 0.216 e. The third kappa shape index (κ3) is 6.36. The minimum absolute atomic E-state index is 0.0346. The number of sulfonamides is 1. The number of nitrogens with one attached hydrogen (secondary N) is 1. The van der Waals surface area contributed by atoms with Crippen molar-refractivity contribution in [3.8, 4) is 17.6 Å². The lowest BCUT2D eigenvalue weighted by atomic mass is 10.2. The van der Waals surface area contributed by atoms with Crippen molar-refractivity contribution in [1.82, 2.24) is 9.71 Å². The second-order valence-corrected chi connectivity index (χ2v) is 6.79. The summed E-state index contributed by atoms with van der Waals surface area (Å²) in [6, 6.07) is 9.08. The second-order valence-electron chi connectivity index (χ2n) is 4.99. The molecule has 0 aliphatic rings. The van der Waals surface area contributed by atoms with Crippen LogP contribution >= 0.6 is 0 Å². The summed E-state index contributed by atoms with van der Waals surface area (Å²) in [6.07, 6.45) is 1.60. The number of nitrogens with zero attached hydrogens (tertiary/aromatic N) is 1. The Morgan fingerprint density at radius 2 is 2.08 bits per heavy atom. The fraction of sp³-hybridized carbons (Fsp3) is 0.235. The van der Waals surface area contributed by atoms with Crippen molar-refractivity contribution in [2.45, 2.75) is 12.7 Å². The van der Waals surface area contributed by atoms with Gasteiger partial charge in [-0.3, -0.25) is 4.98 Å². The molecule has 0 aliphatic heterocycles. The molecule has 0 spiro atoms. The molecule has 1 aromatic carbocycles. The highest BCUT2D eigenvalue weighted by atomic mass is 32.2. The summed E-state index contributed by atoms with van der Waals surface area (Å²) in [4.78, 5) is 4.08. The van der Waals surface area contributed by atoms with Crippen molar-refractivity contribution in [2.75, 3.05) is 13.2 Å². The Balaban J connectivity index is 1.76. The molecule has 0 bridgehead atoms. The van der Waals surface area contributed by atoms with E-state index in [4.69, 9.17) is 4.74 Å². The molecule has 0 saturated heterocycles. The summed E-state index contributed by atoms with van der Waals surface area (Å²) in [5.74, 6) is 5.21. The van der Waals surface area contributed by atoms with Gasteiger partial charge in [0.25, 0.3) is 0 Å². The van der Waals surface area contributed by atoms with Crippen LogP contribution in [0, 0.1) is 24.6 Å². The third-order valence-electron chi connectivity index (χ3n) is 2.95. The Morgan fingerprint density at radius 1 is 1.25 bits per heavy atom. The van der Waals surface area contributed by atoms with Gasteiger partial charge in [-0.2, -0.15) is 0 Å². The molecule has 126 valence electrons. The van der Waals surface area contributed by atoms with Gasteiger partial charge in [0.15, 0.2) is 0 Å². The molecule has 7 heteroatoms.